The van der Waals surface area contributed by atoms with Crippen molar-refractivity contribution >= 4 is 24.0 Å². The highest BCUT2D eigenvalue weighted by atomic mass is 32.1. The molecule has 2 nitrogen and oxygen atoms in total. The first kappa shape index (κ1) is 26.6. The van der Waals surface area contributed by atoms with E-state index >= 15 is 0 Å². The topological polar surface area (TPSA) is 24.7 Å². The van der Waals surface area contributed by atoms with Crippen molar-refractivity contribution in [2.24, 2.45) is 10.2 Å². The van der Waals surface area contributed by atoms with Gasteiger partial charge in [-0.2, -0.15) is 22.9 Å². The van der Waals surface area contributed by atoms with Crippen molar-refractivity contribution in [2.75, 3.05) is 5.75 Å². The molecule has 0 spiro atoms. The number of nitrogens with zero attached hydrogens (tertiary/aromatic N) is 2. The van der Waals surface area contributed by atoms with Gasteiger partial charge in [-0.3, -0.25) is 0 Å². The summed E-state index contributed by atoms with van der Waals surface area (Å²) in [6.07, 6.45) is 19.9. The first-order chi connectivity index (χ1) is 15.8. The Hall–Kier alpha value is -1.61. The van der Waals surface area contributed by atoms with Gasteiger partial charge in [0.25, 0.3) is 0 Å². The van der Waals surface area contributed by atoms with Crippen LogP contribution in [0.25, 0.3) is 0 Å². The van der Waals surface area contributed by atoms with Gasteiger partial charge in [0.2, 0.25) is 0 Å². The molecule has 2 aromatic rings. The fourth-order valence-corrected chi connectivity index (χ4v) is 4.23. The third-order valence-electron chi connectivity index (χ3n) is 6.10. The molecule has 0 aliphatic carbocycles. The summed E-state index contributed by atoms with van der Waals surface area (Å²) in [7, 11) is 0. The summed E-state index contributed by atoms with van der Waals surface area (Å²) in [5.74, 6) is 0.986. The molecule has 0 aromatic heterocycles. The van der Waals surface area contributed by atoms with Crippen molar-refractivity contribution in [1.29, 1.82) is 0 Å². The predicted octanol–water partition coefficient (Wildman–Crippen LogP) is 10.2. The molecule has 176 valence electrons. The van der Waals surface area contributed by atoms with Crippen LogP contribution in [0.3, 0.4) is 0 Å². The molecule has 0 heterocycles. The highest BCUT2D eigenvalue weighted by Crippen LogP contribution is 2.21. The molecule has 0 N–H and O–H groups in total. The Morgan fingerprint density at radius 3 is 1.28 bits per heavy atom. The lowest BCUT2D eigenvalue weighted by molar-refractivity contribution is 0.556. The van der Waals surface area contributed by atoms with Crippen LogP contribution in [-0.4, -0.2) is 5.75 Å². The van der Waals surface area contributed by atoms with E-state index in [4.69, 9.17) is 0 Å². The Kier molecular flexibility index (Phi) is 14.9. The lowest BCUT2D eigenvalue weighted by atomic mass is 10.0. The molecule has 2 rings (SSSR count). The average molecular weight is 453 g/mol. The normalized spacial score (nSPS) is 11.4. The summed E-state index contributed by atoms with van der Waals surface area (Å²) in [5, 5.41) is 8.81. The van der Waals surface area contributed by atoms with E-state index in [1.54, 1.807) is 0 Å². The fraction of sp³-hybridized carbons (Fsp3) is 0.586. The first-order valence-electron chi connectivity index (χ1n) is 13.0. The van der Waals surface area contributed by atoms with Crippen LogP contribution in [0.1, 0.15) is 102 Å². The summed E-state index contributed by atoms with van der Waals surface area (Å²) in [6, 6.07) is 17.1. The van der Waals surface area contributed by atoms with Gasteiger partial charge in [0.05, 0.1) is 11.4 Å². The molecular formula is C29H44N2S. The monoisotopic (exact) mass is 452 g/mol. The van der Waals surface area contributed by atoms with E-state index in [1.807, 2.05) is 0 Å². The highest BCUT2D eigenvalue weighted by Gasteiger charge is 1.98. The van der Waals surface area contributed by atoms with Gasteiger partial charge < -0.3 is 0 Å². The number of azo groups is 1. The number of hydrogen-bond donors (Lipinski definition) is 1. The van der Waals surface area contributed by atoms with E-state index in [-0.39, 0.29) is 0 Å². The lowest BCUT2D eigenvalue weighted by Gasteiger charge is -2.03. The number of thiol groups is 1. The number of aryl methyl sites for hydroxylation is 2. The Bertz CT molecular complexity index is 722. The maximum atomic E-state index is 4.41. The van der Waals surface area contributed by atoms with Gasteiger partial charge >= 0.3 is 0 Å². The minimum Gasteiger partial charge on any atom is -0.179 e. The van der Waals surface area contributed by atoms with Crippen LogP contribution < -0.4 is 0 Å². The van der Waals surface area contributed by atoms with Crippen molar-refractivity contribution in [2.45, 2.75) is 103 Å². The third-order valence-corrected chi connectivity index (χ3v) is 6.41. The van der Waals surface area contributed by atoms with E-state index in [2.05, 4.69) is 78.3 Å². The minimum atomic E-state index is 0.915. The van der Waals surface area contributed by atoms with Gasteiger partial charge in [0.15, 0.2) is 0 Å². The molecule has 0 saturated carbocycles. The van der Waals surface area contributed by atoms with Crippen LogP contribution in [0.2, 0.25) is 0 Å². The molecule has 0 aliphatic heterocycles. The van der Waals surface area contributed by atoms with Gasteiger partial charge in [-0.25, -0.2) is 0 Å². The molecular weight excluding hydrogens is 408 g/mol. The summed E-state index contributed by atoms with van der Waals surface area (Å²) in [4.78, 5) is 0. The molecule has 2 aromatic carbocycles. The van der Waals surface area contributed by atoms with E-state index in [9.17, 15) is 0 Å². The zero-order chi connectivity index (χ0) is 22.7. The van der Waals surface area contributed by atoms with Crippen LogP contribution in [0.5, 0.6) is 0 Å². The van der Waals surface area contributed by atoms with Crippen molar-refractivity contribution in [1.82, 2.24) is 0 Å². The average Bonchev–Trinajstić information content (AvgIpc) is 2.83. The zero-order valence-electron chi connectivity index (χ0n) is 20.3. The molecule has 32 heavy (non-hydrogen) atoms. The Balaban J connectivity index is 1.60. The Morgan fingerprint density at radius 2 is 0.875 bits per heavy atom. The van der Waals surface area contributed by atoms with Crippen molar-refractivity contribution < 1.29 is 0 Å². The molecule has 3 heteroatoms. The van der Waals surface area contributed by atoms with Crippen LogP contribution in [0.4, 0.5) is 11.4 Å². The van der Waals surface area contributed by atoms with Gasteiger partial charge in [0, 0.05) is 0 Å². The van der Waals surface area contributed by atoms with Crippen LogP contribution in [0, 0.1) is 0 Å². The fourth-order valence-electron chi connectivity index (χ4n) is 4.01. The van der Waals surface area contributed by atoms with Crippen molar-refractivity contribution in [3.63, 3.8) is 0 Å². The van der Waals surface area contributed by atoms with E-state index in [0.717, 1.165) is 23.5 Å². The number of hydrogen-bond acceptors (Lipinski definition) is 3. The predicted molar refractivity (Wildman–Crippen MR) is 144 cm³/mol. The Morgan fingerprint density at radius 1 is 0.500 bits per heavy atom. The molecule has 0 bridgehead atoms. The van der Waals surface area contributed by atoms with Crippen LogP contribution in [-0.2, 0) is 12.8 Å². The molecule has 0 amide bonds. The van der Waals surface area contributed by atoms with E-state index < -0.39 is 0 Å². The molecule has 0 aliphatic rings. The molecule has 0 radical (unpaired) electrons. The SMILES string of the molecule is CCCCCCCCCCCCc1ccc(N=Nc2ccc(CCCCCS)cc2)cc1. The van der Waals surface area contributed by atoms with Crippen LogP contribution in [0.15, 0.2) is 58.8 Å². The molecule has 0 fully saturated rings. The second-order valence-corrected chi connectivity index (χ2v) is 9.45. The number of benzene rings is 2. The molecule has 0 saturated heterocycles. The Labute approximate surface area is 202 Å². The minimum absolute atomic E-state index is 0.915. The van der Waals surface area contributed by atoms with E-state index in [0.29, 0.717) is 0 Å². The van der Waals surface area contributed by atoms with Gasteiger partial charge in [0.1, 0.15) is 0 Å². The van der Waals surface area contributed by atoms with Crippen molar-refractivity contribution in [3.05, 3.63) is 59.7 Å². The first-order valence-corrected chi connectivity index (χ1v) is 13.7. The standard InChI is InChI=1S/C29H44N2S/c1-2-3-4-5-6-7-8-9-10-12-15-26-17-21-28(22-18-26)30-31-29-23-19-27(20-24-29)16-13-11-14-25-32/h17-24,32H,2-16,25H2,1H3. The molecule has 0 unspecified atom stereocenters. The highest BCUT2D eigenvalue weighted by molar-refractivity contribution is 7.80. The second-order valence-electron chi connectivity index (χ2n) is 9.00. The summed E-state index contributed by atoms with van der Waals surface area (Å²) in [6.45, 7) is 2.28. The number of unbranched alkanes of at least 4 members (excludes halogenated alkanes) is 11. The van der Waals surface area contributed by atoms with E-state index in [1.165, 1.54) is 101 Å². The maximum Gasteiger partial charge on any atom is 0.0857 e. The lowest BCUT2D eigenvalue weighted by Crippen LogP contribution is -1.86. The molecule has 0 atom stereocenters. The van der Waals surface area contributed by atoms with Gasteiger partial charge in [-0.1, -0.05) is 95.4 Å². The third kappa shape index (κ3) is 12.4. The number of rotatable bonds is 18. The largest absolute Gasteiger partial charge is 0.179 e. The van der Waals surface area contributed by atoms with Crippen LogP contribution >= 0.6 is 12.6 Å². The summed E-state index contributed by atoms with van der Waals surface area (Å²) >= 11 is 4.27. The maximum absolute atomic E-state index is 4.41. The quantitative estimate of drug-likeness (QED) is 0.132. The smallest absolute Gasteiger partial charge is 0.0857 e. The second kappa shape index (κ2) is 17.9. The van der Waals surface area contributed by atoms with Crippen molar-refractivity contribution in [3.8, 4) is 0 Å². The van der Waals surface area contributed by atoms with Gasteiger partial charge in [-0.15, -0.1) is 0 Å². The summed E-state index contributed by atoms with van der Waals surface area (Å²) in [5.41, 5.74) is 4.62. The van der Waals surface area contributed by atoms with Gasteiger partial charge in [-0.05, 0) is 73.2 Å². The zero-order valence-corrected chi connectivity index (χ0v) is 21.2. The summed E-state index contributed by atoms with van der Waals surface area (Å²) < 4.78 is 0.